The molecule has 2 rings (SSSR count). The van der Waals surface area contributed by atoms with E-state index in [1.165, 1.54) is 24.6 Å². The lowest BCUT2D eigenvalue weighted by Gasteiger charge is -2.16. The highest BCUT2D eigenvalue weighted by Gasteiger charge is 2.08. The average molecular weight is 357 g/mol. The van der Waals surface area contributed by atoms with Crippen molar-refractivity contribution in [2.24, 2.45) is 0 Å². The summed E-state index contributed by atoms with van der Waals surface area (Å²) in [5, 5.41) is 3.57. The van der Waals surface area contributed by atoms with Gasteiger partial charge >= 0.3 is 0 Å². The first kappa shape index (κ1) is 12.9. The van der Waals surface area contributed by atoms with E-state index in [2.05, 4.69) is 79.0 Å². The van der Waals surface area contributed by atoms with Crippen molar-refractivity contribution in [1.82, 2.24) is 0 Å². The molecule has 3 heteroatoms. The molecule has 0 saturated heterocycles. The molecule has 0 aliphatic carbocycles. The fraction of sp³-hybridized carbons (Fsp3) is 0.286. The summed E-state index contributed by atoms with van der Waals surface area (Å²) in [5.74, 6) is 0. The van der Waals surface area contributed by atoms with Crippen LogP contribution in [0, 0.1) is 17.4 Å². The van der Waals surface area contributed by atoms with Gasteiger partial charge in [-0.05, 0) is 79.3 Å². The Balaban J connectivity index is 2.15. The second-order valence-electron chi connectivity index (χ2n) is 4.27. The standard InChI is InChI=1S/C14H16INS/c1-9-8-12(15)5-6-13(9)16-11(3)14-7-4-10(2)17-14/h4-8,11,16H,1-3H3. The molecule has 0 aliphatic heterocycles. The number of benzene rings is 1. The van der Waals surface area contributed by atoms with Crippen LogP contribution in [-0.4, -0.2) is 0 Å². The Hall–Kier alpha value is -0.550. The van der Waals surface area contributed by atoms with Crippen molar-refractivity contribution in [3.63, 3.8) is 0 Å². The number of hydrogen-bond donors (Lipinski definition) is 1. The summed E-state index contributed by atoms with van der Waals surface area (Å²) in [4.78, 5) is 2.76. The number of nitrogens with one attached hydrogen (secondary N) is 1. The summed E-state index contributed by atoms with van der Waals surface area (Å²) in [7, 11) is 0. The monoisotopic (exact) mass is 357 g/mol. The summed E-state index contributed by atoms with van der Waals surface area (Å²) in [6, 6.07) is 11.3. The van der Waals surface area contributed by atoms with Crippen LogP contribution in [0.5, 0.6) is 0 Å². The largest absolute Gasteiger partial charge is 0.377 e. The van der Waals surface area contributed by atoms with Gasteiger partial charge in [-0.15, -0.1) is 11.3 Å². The summed E-state index contributed by atoms with van der Waals surface area (Å²) in [6.45, 7) is 6.51. The fourth-order valence-corrected chi connectivity index (χ4v) is 3.31. The molecule has 1 aromatic carbocycles. The van der Waals surface area contributed by atoms with E-state index in [0.29, 0.717) is 6.04 Å². The maximum atomic E-state index is 3.57. The van der Waals surface area contributed by atoms with E-state index in [-0.39, 0.29) is 0 Å². The molecule has 90 valence electrons. The number of thiophene rings is 1. The number of hydrogen-bond acceptors (Lipinski definition) is 2. The van der Waals surface area contributed by atoms with E-state index >= 15 is 0 Å². The predicted octanol–water partition coefficient (Wildman–Crippen LogP) is 5.14. The highest BCUT2D eigenvalue weighted by atomic mass is 127. The molecule has 1 atom stereocenters. The van der Waals surface area contributed by atoms with E-state index in [9.17, 15) is 0 Å². The first-order chi connectivity index (χ1) is 8.06. The fourth-order valence-electron chi connectivity index (χ4n) is 1.78. The molecule has 0 radical (unpaired) electrons. The first-order valence-corrected chi connectivity index (χ1v) is 7.55. The van der Waals surface area contributed by atoms with E-state index in [4.69, 9.17) is 0 Å². The Morgan fingerprint density at radius 3 is 2.53 bits per heavy atom. The first-order valence-electron chi connectivity index (χ1n) is 5.65. The minimum atomic E-state index is 0.368. The number of rotatable bonds is 3. The van der Waals surface area contributed by atoms with Crippen LogP contribution >= 0.6 is 33.9 Å². The molecule has 1 heterocycles. The Morgan fingerprint density at radius 2 is 1.94 bits per heavy atom. The zero-order valence-electron chi connectivity index (χ0n) is 10.3. The van der Waals surface area contributed by atoms with Crippen LogP contribution in [0.4, 0.5) is 5.69 Å². The maximum absolute atomic E-state index is 3.57. The van der Waals surface area contributed by atoms with Crippen LogP contribution in [0.3, 0.4) is 0 Å². The molecule has 17 heavy (non-hydrogen) atoms. The minimum absolute atomic E-state index is 0.368. The molecule has 0 amide bonds. The molecule has 1 nitrogen and oxygen atoms in total. The van der Waals surface area contributed by atoms with Crippen LogP contribution in [-0.2, 0) is 0 Å². The summed E-state index contributed by atoms with van der Waals surface area (Å²) < 4.78 is 1.28. The number of aryl methyl sites for hydroxylation is 2. The number of halogens is 1. The van der Waals surface area contributed by atoms with Gasteiger partial charge in [0.2, 0.25) is 0 Å². The zero-order chi connectivity index (χ0) is 12.4. The Kier molecular flexibility index (Phi) is 4.09. The highest BCUT2D eigenvalue weighted by Crippen LogP contribution is 2.27. The minimum Gasteiger partial charge on any atom is -0.377 e. The normalized spacial score (nSPS) is 12.5. The Labute approximate surface area is 120 Å². The third kappa shape index (κ3) is 3.22. The molecule has 0 saturated carbocycles. The molecule has 1 aromatic heterocycles. The second-order valence-corrected chi connectivity index (χ2v) is 6.84. The lowest BCUT2D eigenvalue weighted by atomic mass is 10.1. The van der Waals surface area contributed by atoms with Crippen molar-refractivity contribution in [2.45, 2.75) is 26.8 Å². The molecular weight excluding hydrogens is 341 g/mol. The molecule has 0 aliphatic rings. The summed E-state index contributed by atoms with van der Waals surface area (Å²) >= 11 is 4.21. The van der Waals surface area contributed by atoms with Crippen LogP contribution in [0.1, 0.15) is 28.3 Å². The van der Waals surface area contributed by atoms with Crippen molar-refractivity contribution in [3.05, 3.63) is 49.2 Å². The van der Waals surface area contributed by atoms with Crippen molar-refractivity contribution in [3.8, 4) is 0 Å². The predicted molar refractivity (Wildman–Crippen MR) is 85.0 cm³/mol. The van der Waals surface area contributed by atoms with Crippen molar-refractivity contribution in [1.29, 1.82) is 0 Å². The van der Waals surface area contributed by atoms with Crippen LogP contribution in [0.15, 0.2) is 30.3 Å². The van der Waals surface area contributed by atoms with Gasteiger partial charge in [-0.25, -0.2) is 0 Å². The van der Waals surface area contributed by atoms with Crippen LogP contribution in [0.2, 0.25) is 0 Å². The quantitative estimate of drug-likeness (QED) is 0.750. The number of anilines is 1. The van der Waals surface area contributed by atoms with Gasteiger partial charge in [-0.2, -0.15) is 0 Å². The van der Waals surface area contributed by atoms with Crippen molar-refractivity contribution < 1.29 is 0 Å². The molecular formula is C14H16INS. The van der Waals surface area contributed by atoms with Gasteiger partial charge in [0.05, 0.1) is 6.04 Å². The third-order valence-corrected chi connectivity index (χ3v) is 4.60. The van der Waals surface area contributed by atoms with Crippen molar-refractivity contribution in [2.75, 3.05) is 5.32 Å². The van der Waals surface area contributed by atoms with Gasteiger partial charge < -0.3 is 5.32 Å². The van der Waals surface area contributed by atoms with Gasteiger partial charge in [-0.3, -0.25) is 0 Å². The Bertz CT molecular complexity index is 519. The molecule has 0 fully saturated rings. The van der Waals surface area contributed by atoms with E-state index in [1.807, 2.05) is 11.3 Å². The SMILES string of the molecule is Cc1ccc(C(C)Nc2ccc(I)cc2C)s1. The van der Waals surface area contributed by atoms with E-state index in [1.54, 1.807) is 0 Å². The summed E-state index contributed by atoms with van der Waals surface area (Å²) in [6.07, 6.45) is 0. The zero-order valence-corrected chi connectivity index (χ0v) is 13.2. The molecule has 0 spiro atoms. The van der Waals surface area contributed by atoms with E-state index in [0.717, 1.165) is 0 Å². The lowest BCUT2D eigenvalue weighted by molar-refractivity contribution is 0.905. The van der Waals surface area contributed by atoms with Crippen LogP contribution < -0.4 is 5.32 Å². The van der Waals surface area contributed by atoms with Crippen LogP contribution in [0.25, 0.3) is 0 Å². The molecule has 0 bridgehead atoms. The van der Waals surface area contributed by atoms with Gasteiger partial charge in [-0.1, -0.05) is 0 Å². The molecule has 1 N–H and O–H groups in total. The van der Waals surface area contributed by atoms with Gasteiger partial charge in [0.1, 0.15) is 0 Å². The van der Waals surface area contributed by atoms with E-state index < -0.39 is 0 Å². The Morgan fingerprint density at radius 1 is 1.18 bits per heavy atom. The average Bonchev–Trinajstić information content (AvgIpc) is 2.69. The van der Waals surface area contributed by atoms with Crippen molar-refractivity contribution >= 4 is 39.6 Å². The second kappa shape index (κ2) is 5.40. The van der Waals surface area contributed by atoms with Gasteiger partial charge in [0.15, 0.2) is 0 Å². The third-order valence-electron chi connectivity index (χ3n) is 2.75. The lowest BCUT2D eigenvalue weighted by Crippen LogP contribution is -2.06. The smallest absolute Gasteiger partial charge is 0.0578 e. The summed E-state index contributed by atoms with van der Waals surface area (Å²) in [5.41, 5.74) is 2.53. The molecule has 2 aromatic rings. The maximum Gasteiger partial charge on any atom is 0.0578 e. The topological polar surface area (TPSA) is 12.0 Å². The van der Waals surface area contributed by atoms with Gasteiger partial charge in [0.25, 0.3) is 0 Å². The highest BCUT2D eigenvalue weighted by molar-refractivity contribution is 14.1. The molecule has 1 unspecified atom stereocenters. The van der Waals surface area contributed by atoms with Gasteiger partial charge in [0, 0.05) is 19.0 Å².